The highest BCUT2D eigenvalue weighted by atomic mass is 16.3. The minimum atomic E-state index is -0.619. The molecule has 0 fully saturated rings. The monoisotopic (exact) mass is 765 g/mol. The molecule has 0 atom stereocenters. The number of benzene rings is 9. The van der Waals surface area contributed by atoms with Gasteiger partial charge >= 0.3 is 0 Å². The molecule has 4 nitrogen and oxygen atoms in total. The van der Waals surface area contributed by atoms with Crippen LogP contribution in [0, 0.1) is 0 Å². The predicted molar refractivity (Wildman–Crippen MR) is 244 cm³/mol. The Morgan fingerprint density at radius 3 is 1.45 bits per heavy atom. The highest BCUT2D eigenvalue weighted by Crippen LogP contribution is 2.61. The quantitative estimate of drug-likeness (QED) is 0.169. The van der Waals surface area contributed by atoms with Gasteiger partial charge < -0.3 is 4.42 Å². The van der Waals surface area contributed by atoms with Crippen LogP contribution in [0.4, 0.5) is 0 Å². The van der Waals surface area contributed by atoms with E-state index in [9.17, 15) is 0 Å². The number of furan rings is 1. The normalized spacial score (nSPS) is 12.8. The molecule has 60 heavy (non-hydrogen) atoms. The van der Waals surface area contributed by atoms with Crippen LogP contribution in [0.2, 0.25) is 0 Å². The van der Waals surface area contributed by atoms with Gasteiger partial charge in [0.25, 0.3) is 0 Å². The molecule has 0 bridgehead atoms. The van der Waals surface area contributed by atoms with Gasteiger partial charge in [0.15, 0.2) is 17.5 Å². The smallest absolute Gasteiger partial charge is 0.164 e. The second-order valence-electron chi connectivity index (χ2n) is 15.5. The van der Waals surface area contributed by atoms with E-state index in [2.05, 4.69) is 152 Å². The van der Waals surface area contributed by atoms with Gasteiger partial charge in [-0.25, -0.2) is 15.0 Å². The summed E-state index contributed by atoms with van der Waals surface area (Å²) in [6.45, 7) is 0. The second-order valence-corrected chi connectivity index (χ2v) is 15.5. The third kappa shape index (κ3) is 5.14. The minimum absolute atomic E-state index is 0.619. The molecular formula is C56H35N3O. The molecule has 0 N–H and O–H groups in total. The molecule has 0 amide bonds. The van der Waals surface area contributed by atoms with Gasteiger partial charge in [-0.3, -0.25) is 0 Å². The Hall–Kier alpha value is -7.95. The van der Waals surface area contributed by atoms with Crippen molar-refractivity contribution in [1.82, 2.24) is 15.0 Å². The van der Waals surface area contributed by atoms with Crippen LogP contribution in [0.25, 0.3) is 89.1 Å². The van der Waals surface area contributed by atoms with Gasteiger partial charge in [-0.05, 0) is 61.8 Å². The van der Waals surface area contributed by atoms with Crippen LogP contribution in [0.1, 0.15) is 22.3 Å². The zero-order chi connectivity index (χ0) is 39.6. The Bertz CT molecular complexity index is 3300. The SMILES string of the molecule is c1ccc(-c2nc(-c3ccccc3)nc(-c3ccc(-c4cc5c(c6oc7ccccc7c46)-c4c(ccc6ccccc46)C5(c4ccccc4)c4ccccc4)cc3)n2)cc1. The first kappa shape index (κ1) is 34.1. The van der Waals surface area contributed by atoms with E-state index >= 15 is 0 Å². The molecule has 2 heterocycles. The summed E-state index contributed by atoms with van der Waals surface area (Å²) in [5, 5.41) is 4.61. The lowest BCUT2D eigenvalue weighted by molar-refractivity contribution is 0.669. The number of hydrogen-bond acceptors (Lipinski definition) is 4. The molecule has 0 radical (unpaired) electrons. The lowest BCUT2D eigenvalue weighted by Crippen LogP contribution is -2.28. The lowest BCUT2D eigenvalue weighted by atomic mass is 9.67. The number of fused-ring (bicyclic) bond motifs is 9. The molecule has 4 heteroatoms. The van der Waals surface area contributed by atoms with Crippen molar-refractivity contribution in [3.05, 3.63) is 235 Å². The van der Waals surface area contributed by atoms with Crippen molar-refractivity contribution < 1.29 is 4.42 Å². The van der Waals surface area contributed by atoms with Crippen LogP contribution < -0.4 is 0 Å². The fourth-order valence-corrected chi connectivity index (χ4v) is 9.57. The van der Waals surface area contributed by atoms with Crippen molar-refractivity contribution in [2.24, 2.45) is 0 Å². The molecule has 0 spiro atoms. The van der Waals surface area contributed by atoms with Gasteiger partial charge in [0, 0.05) is 33.0 Å². The summed E-state index contributed by atoms with van der Waals surface area (Å²) < 4.78 is 7.10. The van der Waals surface area contributed by atoms with Crippen molar-refractivity contribution in [1.29, 1.82) is 0 Å². The number of hydrogen-bond donors (Lipinski definition) is 0. The van der Waals surface area contributed by atoms with Gasteiger partial charge in [0.05, 0.1) is 5.41 Å². The summed E-state index contributed by atoms with van der Waals surface area (Å²) in [5.41, 5.74) is 13.4. The van der Waals surface area contributed by atoms with Crippen molar-refractivity contribution in [2.45, 2.75) is 5.41 Å². The van der Waals surface area contributed by atoms with Crippen molar-refractivity contribution in [3.63, 3.8) is 0 Å². The Morgan fingerprint density at radius 2 is 0.850 bits per heavy atom. The maximum Gasteiger partial charge on any atom is 0.164 e. The van der Waals surface area contributed by atoms with Gasteiger partial charge in [-0.2, -0.15) is 0 Å². The summed E-state index contributed by atoms with van der Waals surface area (Å²) in [6.07, 6.45) is 0. The fraction of sp³-hybridized carbons (Fsp3) is 0.0179. The van der Waals surface area contributed by atoms with E-state index in [1.54, 1.807) is 0 Å². The molecule has 11 aromatic rings. The Balaban J connectivity index is 1.13. The van der Waals surface area contributed by atoms with Crippen LogP contribution >= 0.6 is 0 Å². The van der Waals surface area contributed by atoms with Crippen LogP contribution in [-0.4, -0.2) is 15.0 Å². The summed E-state index contributed by atoms with van der Waals surface area (Å²) in [7, 11) is 0. The molecule has 12 rings (SSSR count). The molecule has 0 unspecified atom stereocenters. The van der Waals surface area contributed by atoms with Gasteiger partial charge in [0.2, 0.25) is 0 Å². The van der Waals surface area contributed by atoms with Gasteiger partial charge in [-0.15, -0.1) is 0 Å². The molecule has 9 aromatic carbocycles. The van der Waals surface area contributed by atoms with E-state index in [-0.39, 0.29) is 0 Å². The number of rotatable bonds is 6. The van der Waals surface area contributed by atoms with E-state index in [1.807, 2.05) is 60.7 Å². The maximum absolute atomic E-state index is 7.10. The van der Waals surface area contributed by atoms with Crippen molar-refractivity contribution >= 4 is 32.7 Å². The Kier molecular flexibility index (Phi) is 7.72. The van der Waals surface area contributed by atoms with E-state index in [1.165, 1.54) is 38.6 Å². The van der Waals surface area contributed by atoms with E-state index in [4.69, 9.17) is 19.4 Å². The van der Waals surface area contributed by atoms with Crippen LogP contribution in [0.5, 0.6) is 0 Å². The third-order valence-electron chi connectivity index (χ3n) is 12.2. The average molecular weight is 766 g/mol. The zero-order valence-corrected chi connectivity index (χ0v) is 32.5. The molecule has 280 valence electrons. The Morgan fingerprint density at radius 1 is 0.367 bits per heavy atom. The molecule has 0 saturated carbocycles. The van der Waals surface area contributed by atoms with Crippen LogP contribution in [0.15, 0.2) is 217 Å². The first-order valence-corrected chi connectivity index (χ1v) is 20.4. The first-order valence-electron chi connectivity index (χ1n) is 20.4. The molecule has 1 aliphatic rings. The van der Waals surface area contributed by atoms with Gasteiger partial charge in [-0.1, -0.05) is 200 Å². The average Bonchev–Trinajstić information content (AvgIpc) is 3.87. The first-order chi connectivity index (χ1) is 29.8. The van der Waals surface area contributed by atoms with Crippen molar-refractivity contribution in [2.75, 3.05) is 0 Å². The van der Waals surface area contributed by atoms with Crippen LogP contribution in [-0.2, 0) is 5.41 Å². The van der Waals surface area contributed by atoms with E-state index < -0.39 is 5.41 Å². The van der Waals surface area contributed by atoms with Crippen LogP contribution in [0.3, 0.4) is 0 Å². The molecule has 0 aliphatic heterocycles. The summed E-state index contributed by atoms with van der Waals surface area (Å²) in [6, 6.07) is 75.1. The molecule has 2 aromatic heterocycles. The number of nitrogens with zero attached hydrogens (tertiary/aromatic N) is 3. The maximum atomic E-state index is 7.10. The van der Waals surface area contributed by atoms with Crippen molar-refractivity contribution in [3.8, 4) is 56.4 Å². The van der Waals surface area contributed by atoms with Gasteiger partial charge in [0.1, 0.15) is 11.2 Å². The van der Waals surface area contributed by atoms with E-state index in [0.717, 1.165) is 55.3 Å². The summed E-state index contributed by atoms with van der Waals surface area (Å²) in [4.78, 5) is 15.0. The lowest BCUT2D eigenvalue weighted by Gasteiger charge is -2.34. The molecule has 1 aliphatic carbocycles. The molecule has 0 saturated heterocycles. The topological polar surface area (TPSA) is 51.8 Å². The Labute approximate surface area is 347 Å². The zero-order valence-electron chi connectivity index (χ0n) is 32.5. The number of para-hydroxylation sites is 1. The summed E-state index contributed by atoms with van der Waals surface area (Å²) >= 11 is 0. The number of aromatic nitrogens is 3. The second kappa shape index (κ2) is 13.6. The highest BCUT2D eigenvalue weighted by Gasteiger charge is 2.48. The summed E-state index contributed by atoms with van der Waals surface area (Å²) in [5.74, 6) is 1.90. The standard InChI is InChI=1S/C56H35N3O/c1-5-18-38(19-6-1)53-57-54(39-20-7-2-8-21-39)59-55(58-53)40-31-29-37(30-32-40)45-35-47-51(52-49(45)44-27-15-16-28-48(44)60-52)50-43-26-14-13-17-36(43)33-34-46(50)56(47,41-22-9-3-10-23-41)42-24-11-4-12-25-42/h1-35H. The highest BCUT2D eigenvalue weighted by molar-refractivity contribution is 6.21. The third-order valence-corrected chi connectivity index (χ3v) is 12.2. The van der Waals surface area contributed by atoms with E-state index in [0.29, 0.717) is 17.5 Å². The largest absolute Gasteiger partial charge is 0.455 e. The minimum Gasteiger partial charge on any atom is -0.455 e. The predicted octanol–water partition coefficient (Wildman–Crippen LogP) is 14.0. The molecular weight excluding hydrogens is 731 g/mol. The fourth-order valence-electron chi connectivity index (χ4n) is 9.57.